The number of carbonyl (C=O) groups is 1. The van der Waals surface area contributed by atoms with E-state index in [1.165, 1.54) is 25.6 Å². The SMILES string of the molecule is COc1ccc(C(=O)N([O-])c2cccnc2)c2c1oc1ccccc12. The van der Waals surface area contributed by atoms with Gasteiger partial charge in [-0.3, -0.25) is 9.78 Å². The van der Waals surface area contributed by atoms with Gasteiger partial charge in [0.05, 0.1) is 18.4 Å². The largest absolute Gasteiger partial charge is 0.751 e. The van der Waals surface area contributed by atoms with Crippen molar-refractivity contribution in [2.75, 3.05) is 12.2 Å². The third-order valence-corrected chi connectivity index (χ3v) is 4.01. The van der Waals surface area contributed by atoms with Crippen molar-refractivity contribution in [1.82, 2.24) is 4.98 Å². The summed E-state index contributed by atoms with van der Waals surface area (Å²) in [5, 5.41) is 14.1. The number of methoxy groups -OCH3 is 1. The maximum Gasteiger partial charge on any atom is 0.248 e. The second kappa shape index (κ2) is 5.92. The summed E-state index contributed by atoms with van der Waals surface area (Å²) in [4.78, 5) is 16.7. The molecule has 4 rings (SSSR count). The van der Waals surface area contributed by atoms with Crippen LogP contribution in [0.2, 0.25) is 0 Å². The molecule has 0 saturated heterocycles. The number of amides is 1. The summed E-state index contributed by atoms with van der Waals surface area (Å²) < 4.78 is 11.2. The van der Waals surface area contributed by atoms with E-state index in [0.717, 1.165) is 5.39 Å². The molecule has 6 heteroatoms. The highest BCUT2D eigenvalue weighted by molar-refractivity contribution is 6.21. The number of ether oxygens (including phenoxy) is 1. The Morgan fingerprint density at radius 2 is 2.00 bits per heavy atom. The minimum atomic E-state index is -0.688. The smallest absolute Gasteiger partial charge is 0.248 e. The third kappa shape index (κ3) is 2.40. The molecule has 6 nitrogen and oxygen atoms in total. The number of nitrogens with zero attached hydrogens (tertiary/aromatic N) is 2. The van der Waals surface area contributed by atoms with E-state index in [9.17, 15) is 10.0 Å². The Hall–Kier alpha value is -3.38. The van der Waals surface area contributed by atoms with Crippen LogP contribution in [0.5, 0.6) is 5.75 Å². The normalized spacial score (nSPS) is 11.0. The molecule has 1 amide bonds. The highest BCUT2D eigenvalue weighted by atomic mass is 16.5. The molecule has 0 aliphatic rings. The van der Waals surface area contributed by atoms with E-state index < -0.39 is 5.91 Å². The molecule has 0 aliphatic carbocycles. The minimum Gasteiger partial charge on any atom is -0.751 e. The molecule has 124 valence electrons. The zero-order chi connectivity index (χ0) is 17.4. The molecule has 25 heavy (non-hydrogen) atoms. The van der Waals surface area contributed by atoms with E-state index in [1.54, 1.807) is 24.3 Å². The number of hydrogen-bond acceptors (Lipinski definition) is 5. The van der Waals surface area contributed by atoms with Crippen LogP contribution in [0.1, 0.15) is 10.4 Å². The first kappa shape index (κ1) is 15.2. The molecular weight excluding hydrogens is 320 g/mol. The first-order chi connectivity index (χ1) is 12.2. The van der Waals surface area contributed by atoms with Gasteiger partial charge >= 0.3 is 0 Å². The van der Waals surface area contributed by atoms with Crippen LogP contribution in [-0.2, 0) is 0 Å². The average molecular weight is 333 g/mol. The number of benzene rings is 2. The fraction of sp³-hybridized carbons (Fsp3) is 0.0526. The number of aromatic nitrogens is 1. The van der Waals surface area contributed by atoms with Crippen molar-refractivity contribution < 1.29 is 13.9 Å². The molecule has 0 unspecified atom stereocenters. The van der Waals surface area contributed by atoms with E-state index in [-0.39, 0.29) is 11.3 Å². The average Bonchev–Trinajstić information content (AvgIpc) is 3.06. The van der Waals surface area contributed by atoms with Gasteiger partial charge in [0.25, 0.3) is 0 Å². The lowest BCUT2D eigenvalue weighted by molar-refractivity contribution is 0.0999. The van der Waals surface area contributed by atoms with Gasteiger partial charge in [-0.25, -0.2) is 0 Å². The quantitative estimate of drug-likeness (QED) is 0.527. The Bertz CT molecular complexity index is 1070. The van der Waals surface area contributed by atoms with Crippen LogP contribution in [0.4, 0.5) is 5.69 Å². The number of anilines is 1. The van der Waals surface area contributed by atoms with Crippen molar-refractivity contribution >= 4 is 33.5 Å². The van der Waals surface area contributed by atoms with Gasteiger partial charge in [-0.05, 0) is 30.3 Å². The van der Waals surface area contributed by atoms with Gasteiger partial charge in [0.2, 0.25) is 5.91 Å². The van der Waals surface area contributed by atoms with E-state index in [4.69, 9.17) is 9.15 Å². The maximum atomic E-state index is 12.8. The lowest BCUT2D eigenvalue weighted by atomic mass is 10.0. The van der Waals surface area contributed by atoms with Crippen molar-refractivity contribution in [3.63, 3.8) is 0 Å². The fourth-order valence-corrected chi connectivity index (χ4v) is 2.84. The first-order valence-electron chi connectivity index (χ1n) is 7.60. The molecule has 2 aromatic carbocycles. The summed E-state index contributed by atoms with van der Waals surface area (Å²) in [5.74, 6) is -0.186. The number of pyridine rings is 1. The number of furan rings is 1. The van der Waals surface area contributed by atoms with Crippen LogP contribution < -0.4 is 9.80 Å². The van der Waals surface area contributed by atoms with E-state index >= 15 is 0 Å². The molecule has 0 N–H and O–H groups in total. The molecule has 0 atom stereocenters. The first-order valence-corrected chi connectivity index (χ1v) is 7.60. The van der Waals surface area contributed by atoms with Gasteiger partial charge < -0.3 is 19.4 Å². The zero-order valence-electron chi connectivity index (χ0n) is 13.3. The molecule has 0 fully saturated rings. The van der Waals surface area contributed by atoms with Crippen molar-refractivity contribution in [1.29, 1.82) is 0 Å². The summed E-state index contributed by atoms with van der Waals surface area (Å²) in [6.45, 7) is 0. The van der Waals surface area contributed by atoms with Crippen LogP contribution in [-0.4, -0.2) is 18.0 Å². The molecule has 0 aliphatic heterocycles. The summed E-state index contributed by atoms with van der Waals surface area (Å²) in [6.07, 6.45) is 2.88. The Morgan fingerprint density at radius 3 is 2.76 bits per heavy atom. The summed E-state index contributed by atoms with van der Waals surface area (Å²) in [5.41, 5.74) is 1.48. The Kier molecular flexibility index (Phi) is 3.59. The molecule has 0 spiro atoms. The molecular formula is C19H13N2O4-. The van der Waals surface area contributed by atoms with E-state index in [0.29, 0.717) is 27.4 Å². The maximum absolute atomic E-state index is 12.8. The molecule has 4 aromatic rings. The molecule has 2 aromatic heterocycles. The summed E-state index contributed by atoms with van der Waals surface area (Å²) in [6, 6.07) is 13.7. The third-order valence-electron chi connectivity index (χ3n) is 4.01. The molecule has 0 radical (unpaired) electrons. The number of hydroxylamine groups is 1. The van der Waals surface area contributed by atoms with Crippen LogP contribution >= 0.6 is 0 Å². The van der Waals surface area contributed by atoms with Crippen molar-refractivity contribution in [2.45, 2.75) is 0 Å². The zero-order valence-corrected chi connectivity index (χ0v) is 13.3. The fourth-order valence-electron chi connectivity index (χ4n) is 2.84. The number of hydrogen-bond donors (Lipinski definition) is 0. The Morgan fingerprint density at radius 1 is 1.16 bits per heavy atom. The Labute approximate surface area is 142 Å². The lowest BCUT2D eigenvalue weighted by Gasteiger charge is -2.28. The number of fused-ring (bicyclic) bond motifs is 3. The Balaban J connectivity index is 1.94. The minimum absolute atomic E-state index is 0.171. The van der Waals surface area contributed by atoms with Gasteiger partial charge in [0.1, 0.15) is 5.58 Å². The lowest BCUT2D eigenvalue weighted by Crippen LogP contribution is -2.24. The van der Waals surface area contributed by atoms with Gasteiger partial charge in [-0.15, -0.1) is 0 Å². The molecule has 0 bridgehead atoms. The van der Waals surface area contributed by atoms with Crippen molar-refractivity contribution in [3.8, 4) is 5.75 Å². The topological polar surface area (TPSA) is 78.6 Å². The standard InChI is InChI=1S/C19H13N2O4/c1-24-16-9-8-14(19(22)21(23)12-5-4-10-20-11-12)17-13-6-2-3-7-15(13)25-18(16)17/h2-11H,1H3/q-1. The van der Waals surface area contributed by atoms with Crippen LogP contribution in [0.15, 0.2) is 65.3 Å². The van der Waals surface area contributed by atoms with Crippen molar-refractivity contribution in [3.05, 3.63) is 71.7 Å². The van der Waals surface area contributed by atoms with Gasteiger partial charge in [0.15, 0.2) is 11.3 Å². The highest BCUT2D eigenvalue weighted by Crippen LogP contribution is 2.37. The summed E-state index contributed by atoms with van der Waals surface area (Å²) >= 11 is 0. The predicted octanol–water partition coefficient (Wildman–Crippen LogP) is 4.13. The van der Waals surface area contributed by atoms with E-state index in [1.807, 2.05) is 18.2 Å². The van der Waals surface area contributed by atoms with Crippen molar-refractivity contribution in [2.24, 2.45) is 0 Å². The highest BCUT2D eigenvalue weighted by Gasteiger charge is 2.20. The summed E-state index contributed by atoms with van der Waals surface area (Å²) in [7, 11) is 1.53. The predicted molar refractivity (Wildman–Crippen MR) is 94.7 cm³/mol. The van der Waals surface area contributed by atoms with Crippen LogP contribution in [0.3, 0.4) is 0 Å². The van der Waals surface area contributed by atoms with Gasteiger partial charge in [-0.1, -0.05) is 18.2 Å². The number of carbonyl (C=O) groups excluding carboxylic acids is 1. The van der Waals surface area contributed by atoms with Crippen LogP contribution in [0, 0.1) is 5.21 Å². The van der Waals surface area contributed by atoms with Crippen LogP contribution in [0.25, 0.3) is 21.9 Å². The number of para-hydroxylation sites is 1. The van der Waals surface area contributed by atoms with Gasteiger partial charge in [-0.2, -0.15) is 0 Å². The molecule has 0 saturated carbocycles. The van der Waals surface area contributed by atoms with E-state index in [2.05, 4.69) is 4.98 Å². The number of rotatable bonds is 3. The second-order valence-corrected chi connectivity index (χ2v) is 5.43. The second-order valence-electron chi connectivity index (χ2n) is 5.43. The molecule has 2 heterocycles. The van der Waals surface area contributed by atoms with Gasteiger partial charge in [0, 0.05) is 23.2 Å². The monoisotopic (exact) mass is 333 g/mol.